The largest absolute Gasteiger partial charge is 0.445 e. The highest BCUT2D eigenvalue weighted by atomic mass is 16.6. The fraction of sp³-hybridized carbons (Fsp3) is 0.526. The van der Waals surface area contributed by atoms with Gasteiger partial charge < -0.3 is 14.7 Å². The zero-order chi connectivity index (χ0) is 16.9. The quantitative estimate of drug-likeness (QED) is 0.492. The van der Waals surface area contributed by atoms with Gasteiger partial charge in [0.05, 0.1) is 6.61 Å². The Morgan fingerprint density at radius 3 is 2.70 bits per heavy atom. The molecule has 1 amide bonds. The molecule has 1 atom stereocenters. The monoisotopic (exact) mass is 319 g/mol. The van der Waals surface area contributed by atoms with Crippen LogP contribution in [0, 0.1) is 0 Å². The minimum Gasteiger partial charge on any atom is -0.445 e. The van der Waals surface area contributed by atoms with Crippen molar-refractivity contribution in [1.29, 1.82) is 0 Å². The van der Waals surface area contributed by atoms with Gasteiger partial charge in [0.2, 0.25) is 0 Å². The molecule has 1 N–H and O–H groups in total. The van der Waals surface area contributed by atoms with Crippen molar-refractivity contribution in [1.82, 2.24) is 4.90 Å². The lowest BCUT2D eigenvalue weighted by Crippen LogP contribution is -2.42. The maximum absolute atomic E-state index is 12.4. The lowest BCUT2D eigenvalue weighted by molar-refractivity contribution is 0.0695. The van der Waals surface area contributed by atoms with Gasteiger partial charge in [0.1, 0.15) is 6.61 Å². The van der Waals surface area contributed by atoms with Gasteiger partial charge in [-0.05, 0) is 18.4 Å². The molecule has 23 heavy (non-hydrogen) atoms. The van der Waals surface area contributed by atoms with Crippen molar-refractivity contribution in [3.8, 4) is 0 Å². The molecule has 0 spiro atoms. The predicted molar refractivity (Wildman–Crippen MR) is 93.2 cm³/mol. The highest BCUT2D eigenvalue weighted by Crippen LogP contribution is 2.16. The van der Waals surface area contributed by atoms with E-state index < -0.39 is 0 Å². The van der Waals surface area contributed by atoms with Crippen LogP contribution in [0.1, 0.15) is 44.6 Å². The van der Waals surface area contributed by atoms with Crippen LogP contribution in [-0.2, 0) is 11.3 Å². The lowest BCUT2D eigenvalue weighted by atomic mass is 10.0. The number of hydrogen-bond donors (Lipinski definition) is 1. The molecule has 1 rings (SSSR count). The zero-order valence-electron chi connectivity index (χ0n) is 14.1. The van der Waals surface area contributed by atoms with E-state index >= 15 is 0 Å². The Morgan fingerprint density at radius 2 is 2.09 bits per heavy atom. The molecule has 0 saturated carbocycles. The summed E-state index contributed by atoms with van der Waals surface area (Å²) in [5, 5.41) is 9.28. The second-order valence-electron chi connectivity index (χ2n) is 5.63. The highest BCUT2D eigenvalue weighted by molar-refractivity contribution is 5.68. The average molecular weight is 319 g/mol. The number of aliphatic hydroxyl groups excluding tert-OH is 1. The van der Waals surface area contributed by atoms with Crippen LogP contribution in [0.25, 0.3) is 0 Å². The Kier molecular flexibility index (Phi) is 9.80. The Balaban J connectivity index is 2.63. The number of unbranched alkanes of at least 4 members (excludes halogenated alkanes) is 2. The number of carbonyl (C=O) groups excluding carboxylic acids is 1. The number of amides is 1. The van der Waals surface area contributed by atoms with Crippen LogP contribution in [0.4, 0.5) is 4.79 Å². The molecule has 128 valence electrons. The molecule has 4 heteroatoms. The van der Waals surface area contributed by atoms with Crippen LogP contribution in [0.2, 0.25) is 0 Å². The van der Waals surface area contributed by atoms with Crippen molar-refractivity contribution in [2.45, 2.75) is 51.7 Å². The summed E-state index contributed by atoms with van der Waals surface area (Å²) in [6, 6.07) is 9.64. The van der Waals surface area contributed by atoms with E-state index in [1.165, 1.54) is 0 Å². The molecule has 0 aliphatic rings. The smallest absolute Gasteiger partial charge is 0.410 e. The van der Waals surface area contributed by atoms with E-state index in [0.717, 1.165) is 31.2 Å². The number of benzene rings is 1. The van der Waals surface area contributed by atoms with E-state index in [-0.39, 0.29) is 31.9 Å². The Bertz CT molecular complexity index is 447. The summed E-state index contributed by atoms with van der Waals surface area (Å²) >= 11 is 0. The highest BCUT2D eigenvalue weighted by Gasteiger charge is 2.23. The van der Waals surface area contributed by atoms with Gasteiger partial charge in [-0.25, -0.2) is 4.79 Å². The molecule has 0 aliphatic heterocycles. The molecule has 0 fully saturated rings. The molecular weight excluding hydrogens is 290 g/mol. The third-order valence-electron chi connectivity index (χ3n) is 3.80. The summed E-state index contributed by atoms with van der Waals surface area (Å²) in [7, 11) is 0. The standard InChI is InChI=1S/C19H29NO3/c1-3-5-7-13-18(10-4-2)20(14-15-21)19(22)23-16-17-11-8-6-9-12-17/h4,6,8-9,11-12,18,21H,2-3,5,7,10,13-16H2,1H3/t18-/m1/s1. The minimum absolute atomic E-state index is 0.0365. The van der Waals surface area contributed by atoms with Crippen molar-refractivity contribution in [2.75, 3.05) is 13.2 Å². The van der Waals surface area contributed by atoms with Gasteiger partial charge in [-0.2, -0.15) is 0 Å². The molecule has 0 unspecified atom stereocenters. The van der Waals surface area contributed by atoms with E-state index in [1.54, 1.807) is 4.90 Å². The first-order valence-corrected chi connectivity index (χ1v) is 8.42. The molecule has 0 heterocycles. The fourth-order valence-electron chi connectivity index (χ4n) is 2.56. The van der Waals surface area contributed by atoms with Gasteiger partial charge in [0, 0.05) is 12.6 Å². The van der Waals surface area contributed by atoms with Gasteiger partial charge in [-0.15, -0.1) is 6.58 Å². The predicted octanol–water partition coefficient (Wildman–Crippen LogP) is 4.14. The summed E-state index contributed by atoms with van der Waals surface area (Å²) in [5.41, 5.74) is 0.955. The molecule has 1 aromatic carbocycles. The number of carbonyl (C=O) groups is 1. The average Bonchev–Trinajstić information content (AvgIpc) is 2.58. The molecule has 0 radical (unpaired) electrons. The zero-order valence-corrected chi connectivity index (χ0v) is 14.1. The van der Waals surface area contributed by atoms with Crippen LogP contribution in [0.3, 0.4) is 0 Å². The maximum Gasteiger partial charge on any atom is 0.410 e. The van der Waals surface area contributed by atoms with Crippen molar-refractivity contribution in [2.24, 2.45) is 0 Å². The Hall–Kier alpha value is -1.81. The van der Waals surface area contributed by atoms with Gasteiger partial charge in [0.15, 0.2) is 0 Å². The van der Waals surface area contributed by atoms with Crippen LogP contribution in [0.15, 0.2) is 43.0 Å². The lowest BCUT2D eigenvalue weighted by Gasteiger charge is -2.30. The Labute approximate surface area is 139 Å². The van der Waals surface area contributed by atoms with Crippen LogP contribution in [-0.4, -0.2) is 35.3 Å². The molecule has 0 saturated heterocycles. The number of hydrogen-bond acceptors (Lipinski definition) is 3. The fourth-order valence-corrected chi connectivity index (χ4v) is 2.56. The summed E-state index contributed by atoms with van der Waals surface area (Å²) < 4.78 is 5.42. The molecule has 0 bridgehead atoms. The van der Waals surface area contributed by atoms with E-state index in [1.807, 2.05) is 36.4 Å². The van der Waals surface area contributed by atoms with Gasteiger partial charge >= 0.3 is 6.09 Å². The number of rotatable bonds is 11. The van der Waals surface area contributed by atoms with Crippen molar-refractivity contribution in [3.63, 3.8) is 0 Å². The van der Waals surface area contributed by atoms with Crippen LogP contribution in [0.5, 0.6) is 0 Å². The molecular formula is C19H29NO3. The molecule has 0 aromatic heterocycles. The summed E-state index contributed by atoms with van der Waals surface area (Å²) in [4.78, 5) is 14.1. The van der Waals surface area contributed by atoms with Gasteiger partial charge in [-0.3, -0.25) is 0 Å². The maximum atomic E-state index is 12.4. The molecule has 1 aromatic rings. The topological polar surface area (TPSA) is 49.8 Å². The normalized spacial score (nSPS) is 11.7. The van der Waals surface area contributed by atoms with Crippen LogP contribution < -0.4 is 0 Å². The van der Waals surface area contributed by atoms with E-state index in [2.05, 4.69) is 13.5 Å². The van der Waals surface area contributed by atoms with Crippen molar-refractivity contribution in [3.05, 3.63) is 48.6 Å². The Morgan fingerprint density at radius 1 is 1.35 bits per heavy atom. The number of aliphatic hydroxyl groups is 1. The second-order valence-corrected chi connectivity index (χ2v) is 5.63. The van der Waals surface area contributed by atoms with E-state index in [4.69, 9.17) is 4.74 Å². The summed E-state index contributed by atoms with van der Waals surface area (Å²) in [5.74, 6) is 0. The third-order valence-corrected chi connectivity index (χ3v) is 3.80. The first-order valence-electron chi connectivity index (χ1n) is 8.42. The van der Waals surface area contributed by atoms with Crippen molar-refractivity contribution < 1.29 is 14.6 Å². The second kappa shape index (κ2) is 11.7. The number of nitrogens with zero attached hydrogens (tertiary/aromatic N) is 1. The van der Waals surface area contributed by atoms with Crippen LogP contribution >= 0.6 is 0 Å². The molecule has 0 aliphatic carbocycles. The van der Waals surface area contributed by atoms with E-state index in [9.17, 15) is 9.90 Å². The van der Waals surface area contributed by atoms with Gasteiger partial charge in [0.25, 0.3) is 0 Å². The first kappa shape index (κ1) is 19.2. The summed E-state index contributed by atoms with van der Waals surface area (Å²) in [6.07, 6.45) is 6.41. The minimum atomic E-state index is -0.369. The van der Waals surface area contributed by atoms with Gasteiger partial charge in [-0.1, -0.05) is 62.6 Å². The first-order chi connectivity index (χ1) is 11.2. The number of ether oxygens (including phenoxy) is 1. The third kappa shape index (κ3) is 7.33. The van der Waals surface area contributed by atoms with Crippen molar-refractivity contribution >= 4 is 6.09 Å². The summed E-state index contributed by atoms with van der Waals surface area (Å²) in [6.45, 7) is 6.41. The SMILES string of the molecule is C=CC[C@H](CCCCC)N(CCO)C(=O)OCc1ccccc1. The van der Waals surface area contributed by atoms with E-state index in [0.29, 0.717) is 6.42 Å². The molecule has 4 nitrogen and oxygen atoms in total.